The summed E-state index contributed by atoms with van der Waals surface area (Å²) in [7, 11) is 0. The van der Waals surface area contributed by atoms with Crippen LogP contribution in [-0.2, 0) is 26.5 Å². The van der Waals surface area contributed by atoms with E-state index in [1.165, 1.54) is 32.7 Å². The summed E-state index contributed by atoms with van der Waals surface area (Å²) in [6, 6.07) is 49.3. The summed E-state index contributed by atoms with van der Waals surface area (Å²) in [5.74, 6) is 9.08. The summed E-state index contributed by atoms with van der Waals surface area (Å²) < 4.78 is 10.4. The van der Waals surface area contributed by atoms with Crippen molar-refractivity contribution in [1.29, 1.82) is 0 Å². The van der Waals surface area contributed by atoms with Crippen molar-refractivity contribution >= 4 is 72.3 Å². The number of hydrogen-bond acceptors (Lipinski definition) is 4. The maximum atomic E-state index is 6.53. The molecule has 0 amide bonds. The van der Waals surface area contributed by atoms with E-state index in [1.54, 1.807) is 4.40 Å². The van der Waals surface area contributed by atoms with Crippen molar-refractivity contribution in [1.82, 2.24) is 19.5 Å². The predicted octanol–water partition coefficient (Wildman–Crippen LogP) is 14.1. The Morgan fingerprint density at radius 1 is 0.726 bits per heavy atom. The normalized spacial score (nSPS) is 11.9. The SMILES string of the molecule is CC(C)Cc1cc(-c2[c-]cccc2)nc[c]1[Ge]([CH3])([CH3])[CH3].Cc1ccc2c(n1)oc1c(-c3nc4ccccc4n3-c3c(C(C)C)c4ccccc4c4ccccc34)[c-]cc(C)c12.[Ir]. The largest absolute Gasteiger partial charge is 0.486 e. The molecule has 0 aliphatic rings. The minimum absolute atomic E-state index is 0. The number of aryl methyl sites for hydroxylation is 2. The molecule has 10 rings (SSSR count). The van der Waals surface area contributed by atoms with E-state index < -0.39 is 13.3 Å². The van der Waals surface area contributed by atoms with Gasteiger partial charge < -0.3 is 8.98 Å². The van der Waals surface area contributed by atoms with Gasteiger partial charge in [-0.3, -0.25) is 4.98 Å². The molecule has 0 spiro atoms. The van der Waals surface area contributed by atoms with Crippen LogP contribution in [0.4, 0.5) is 0 Å². The summed E-state index contributed by atoms with van der Waals surface area (Å²) in [5.41, 5.74) is 12.4. The van der Waals surface area contributed by atoms with Crippen molar-refractivity contribution in [3.05, 3.63) is 162 Å². The molecule has 0 atom stereocenters. The molecule has 0 unspecified atom stereocenters. The number of benzene rings is 6. The van der Waals surface area contributed by atoms with Crippen molar-refractivity contribution in [2.45, 2.75) is 71.1 Å². The van der Waals surface area contributed by atoms with Gasteiger partial charge in [0.15, 0.2) is 0 Å². The Labute approximate surface area is 381 Å². The van der Waals surface area contributed by atoms with Crippen molar-refractivity contribution in [3.8, 4) is 28.3 Å². The smallest absolute Gasteiger partial charge is 0.216 e. The van der Waals surface area contributed by atoms with Gasteiger partial charge in [0.1, 0.15) is 0 Å². The number of rotatable bonds is 7. The van der Waals surface area contributed by atoms with Crippen LogP contribution >= 0.6 is 0 Å². The van der Waals surface area contributed by atoms with Crippen LogP contribution in [0.5, 0.6) is 0 Å². The van der Waals surface area contributed by atoms with E-state index in [9.17, 15) is 0 Å². The molecule has 0 aliphatic heterocycles. The second-order valence-corrected chi connectivity index (χ2v) is 28.6. The van der Waals surface area contributed by atoms with Gasteiger partial charge in [0.2, 0.25) is 5.71 Å². The van der Waals surface area contributed by atoms with E-state index in [0.717, 1.165) is 73.4 Å². The average Bonchev–Trinajstić information content (AvgIpc) is 3.82. The molecule has 0 saturated heterocycles. The van der Waals surface area contributed by atoms with Crippen molar-refractivity contribution in [2.24, 2.45) is 5.92 Å². The van der Waals surface area contributed by atoms with E-state index in [0.29, 0.717) is 11.6 Å². The Morgan fingerprint density at radius 2 is 1.40 bits per heavy atom. The minimum atomic E-state index is -1.86. The second kappa shape index (κ2) is 17.4. The van der Waals surface area contributed by atoms with Crippen LogP contribution in [0.2, 0.25) is 17.3 Å². The quantitative estimate of drug-likeness (QED) is 0.0907. The van der Waals surface area contributed by atoms with Gasteiger partial charge in [-0.25, -0.2) is 4.98 Å². The Hall–Kier alpha value is -5.40. The van der Waals surface area contributed by atoms with Gasteiger partial charge in [-0.2, -0.15) is 0 Å². The second-order valence-electron chi connectivity index (χ2n) is 18.1. The number of hydrogen-bond donors (Lipinski definition) is 0. The van der Waals surface area contributed by atoms with Gasteiger partial charge in [0.25, 0.3) is 0 Å². The fourth-order valence-corrected chi connectivity index (χ4v) is 12.3. The fraction of sp³-hybridized carbons (Fsp3) is 0.218. The maximum absolute atomic E-state index is 6.53. The van der Waals surface area contributed by atoms with Gasteiger partial charge >= 0.3 is 126 Å². The van der Waals surface area contributed by atoms with Gasteiger partial charge in [-0.1, -0.05) is 92.4 Å². The zero-order valence-electron chi connectivity index (χ0n) is 37.0. The third kappa shape index (κ3) is 7.94. The first-order chi connectivity index (χ1) is 29.4. The van der Waals surface area contributed by atoms with E-state index >= 15 is 0 Å². The molecule has 0 bridgehead atoms. The molecule has 4 aromatic heterocycles. The zero-order chi connectivity index (χ0) is 42.6. The Morgan fingerprint density at radius 3 is 2.10 bits per heavy atom. The predicted molar refractivity (Wildman–Crippen MR) is 259 cm³/mol. The van der Waals surface area contributed by atoms with Crippen LogP contribution in [0.15, 0.2) is 132 Å². The zero-order valence-corrected chi connectivity index (χ0v) is 41.5. The summed E-state index contributed by atoms with van der Waals surface area (Å²) in [6.45, 7) is 13.2. The van der Waals surface area contributed by atoms with Crippen LogP contribution in [0.3, 0.4) is 0 Å². The average molecular weight is 1050 g/mol. The van der Waals surface area contributed by atoms with Crippen LogP contribution in [-0.4, -0.2) is 32.8 Å². The van der Waals surface area contributed by atoms with Gasteiger partial charge in [-0.15, -0.1) is 17.7 Å². The van der Waals surface area contributed by atoms with Gasteiger partial charge in [0, 0.05) is 36.6 Å². The van der Waals surface area contributed by atoms with E-state index in [2.05, 4.69) is 166 Å². The maximum Gasteiger partial charge on any atom is 0.216 e. The summed E-state index contributed by atoms with van der Waals surface area (Å²) >= 11 is -1.86. The summed E-state index contributed by atoms with van der Waals surface area (Å²) in [5, 5.41) is 7.04. The third-order valence-electron chi connectivity index (χ3n) is 11.7. The number of para-hydroxylation sites is 2. The van der Waals surface area contributed by atoms with E-state index in [4.69, 9.17) is 19.4 Å². The molecule has 4 heterocycles. The molecule has 6 aromatic carbocycles. The van der Waals surface area contributed by atoms with Crippen LogP contribution in [0.25, 0.3) is 83.0 Å². The number of nitrogens with zero attached hydrogens (tertiary/aromatic N) is 4. The van der Waals surface area contributed by atoms with Crippen LogP contribution in [0, 0.1) is 31.9 Å². The topological polar surface area (TPSA) is 56.7 Å². The number of fused-ring (bicyclic) bond motifs is 7. The Balaban J connectivity index is 0.000000214. The number of pyridine rings is 2. The first-order valence-corrected chi connectivity index (χ1v) is 28.8. The summed E-state index contributed by atoms with van der Waals surface area (Å²) in [6.07, 6.45) is 3.27. The molecule has 0 aliphatic carbocycles. The van der Waals surface area contributed by atoms with Crippen molar-refractivity contribution < 1.29 is 24.5 Å². The summed E-state index contributed by atoms with van der Waals surface area (Å²) in [4.78, 5) is 14.7. The van der Waals surface area contributed by atoms with E-state index in [1.807, 2.05) is 37.3 Å². The van der Waals surface area contributed by atoms with E-state index in [-0.39, 0.29) is 26.0 Å². The van der Waals surface area contributed by atoms with Crippen molar-refractivity contribution in [2.75, 3.05) is 0 Å². The molecule has 5 nitrogen and oxygen atoms in total. The molecular weight excluding hydrogens is 997 g/mol. The Bertz CT molecular complexity index is 3250. The molecule has 1 radical (unpaired) electrons. The minimum Gasteiger partial charge on any atom is -0.486 e. The first-order valence-electron chi connectivity index (χ1n) is 21.5. The monoisotopic (exact) mass is 1050 g/mol. The molecule has 0 N–H and O–H groups in total. The molecule has 0 fully saturated rings. The van der Waals surface area contributed by atoms with Gasteiger partial charge in [0.05, 0.1) is 28.1 Å². The first kappa shape index (κ1) is 43.3. The standard InChI is InChI=1S/C37H28N3O.C18H24GeN.Ir/c1-21(2)32-26-13-7-5-11-24(26)25-12-6-8-14-27(25)34(32)40-31-16-10-9-15-30(31)39-36(40)29-19-17-22(3)33-28-20-18-23(4)38-37(28)41-35(29)33;1-14(2)11-16-12-18(15-9-7-6-8-10-15)20-13-17(16)19(3,4)5;/h5-18,20-21H,1-4H3;6-9,12-14H,11H2,1-5H3;/q2*-1;. The molecule has 0 saturated carbocycles. The van der Waals surface area contributed by atoms with Crippen LogP contribution in [0.1, 0.15) is 56.0 Å². The van der Waals surface area contributed by atoms with Gasteiger partial charge in [-0.05, 0) is 58.8 Å². The number of imidazole rings is 1. The molecule has 62 heavy (non-hydrogen) atoms. The molecule has 313 valence electrons. The third-order valence-corrected chi connectivity index (χ3v) is 16.0. The van der Waals surface area contributed by atoms with Crippen LogP contribution < -0.4 is 4.40 Å². The Kier molecular flexibility index (Phi) is 12.1. The number of furan rings is 1. The number of aromatic nitrogens is 4. The van der Waals surface area contributed by atoms with Crippen molar-refractivity contribution in [3.63, 3.8) is 0 Å². The fourth-order valence-electron chi connectivity index (χ4n) is 9.00. The molecule has 10 aromatic rings. The molecule has 7 heteroatoms. The molecular formula is C55H52GeIrN4O-2.